The minimum absolute atomic E-state index is 0.246. The molecule has 0 aliphatic heterocycles. The van der Waals surface area contributed by atoms with Crippen molar-refractivity contribution >= 4 is 5.91 Å². The third kappa shape index (κ3) is 3.65. The van der Waals surface area contributed by atoms with Crippen molar-refractivity contribution in [3.63, 3.8) is 0 Å². The van der Waals surface area contributed by atoms with Crippen LogP contribution in [-0.4, -0.2) is 21.0 Å². The summed E-state index contributed by atoms with van der Waals surface area (Å²) in [5.74, 6) is -0.342. The van der Waals surface area contributed by atoms with Crippen molar-refractivity contribution in [3.8, 4) is 28.2 Å². The van der Waals surface area contributed by atoms with Gasteiger partial charge in [-0.05, 0) is 38.5 Å². The van der Waals surface area contributed by atoms with Crippen molar-refractivity contribution in [1.29, 1.82) is 0 Å². The molecular weight excluding hydrogens is 460 g/mol. The highest BCUT2D eigenvalue weighted by molar-refractivity contribution is 5.97. The summed E-state index contributed by atoms with van der Waals surface area (Å²) in [6.45, 7) is 0.320. The molecule has 1 amide bonds. The van der Waals surface area contributed by atoms with E-state index in [-0.39, 0.29) is 17.3 Å². The van der Waals surface area contributed by atoms with E-state index in [1.807, 2.05) is 54.6 Å². The summed E-state index contributed by atoms with van der Waals surface area (Å²) >= 11 is 0. The SMILES string of the molecule is O=C(NCc1ccc(-c2ccccc2)cc1)c1ccccc1-n1nc2c([n+]1[O-])CCc1c-2no[n+]1[O-]. The monoisotopic (exact) mass is 480 g/mol. The van der Waals surface area contributed by atoms with Crippen molar-refractivity contribution in [2.45, 2.75) is 19.4 Å². The Morgan fingerprint density at radius 2 is 1.58 bits per heavy atom. The van der Waals surface area contributed by atoms with Crippen LogP contribution >= 0.6 is 0 Å². The molecule has 2 heterocycles. The molecule has 0 unspecified atom stereocenters. The zero-order valence-electron chi connectivity index (χ0n) is 19.0. The number of aromatic nitrogens is 5. The lowest BCUT2D eigenvalue weighted by Gasteiger charge is -2.11. The molecule has 0 fully saturated rings. The maximum absolute atomic E-state index is 13.1. The van der Waals surface area contributed by atoms with E-state index in [9.17, 15) is 15.2 Å². The fourth-order valence-corrected chi connectivity index (χ4v) is 4.40. The molecule has 1 aliphatic rings. The lowest BCUT2D eigenvalue weighted by atomic mass is 10.0. The number of hydrogen-bond acceptors (Lipinski definition) is 6. The van der Waals surface area contributed by atoms with Crippen LogP contribution in [0.4, 0.5) is 0 Å². The number of para-hydroxylation sites is 1. The lowest BCUT2D eigenvalue weighted by molar-refractivity contribution is -0.808. The lowest BCUT2D eigenvalue weighted by Crippen LogP contribution is -2.42. The average molecular weight is 480 g/mol. The Hall–Kier alpha value is -4.99. The van der Waals surface area contributed by atoms with Gasteiger partial charge >= 0.3 is 11.4 Å². The quantitative estimate of drug-likeness (QED) is 0.304. The first-order chi connectivity index (χ1) is 17.6. The van der Waals surface area contributed by atoms with Gasteiger partial charge in [0, 0.05) is 19.4 Å². The second kappa shape index (κ2) is 8.66. The largest absolute Gasteiger partial charge is 0.692 e. The molecule has 0 saturated heterocycles. The molecule has 0 bridgehead atoms. The van der Waals surface area contributed by atoms with Crippen LogP contribution in [0.25, 0.3) is 28.2 Å². The van der Waals surface area contributed by atoms with E-state index in [1.54, 1.807) is 24.3 Å². The number of carbonyl (C=O) groups is 1. The Balaban J connectivity index is 1.24. The van der Waals surface area contributed by atoms with Crippen LogP contribution in [0.2, 0.25) is 0 Å². The predicted octanol–water partition coefficient (Wildman–Crippen LogP) is 2.49. The summed E-state index contributed by atoms with van der Waals surface area (Å²) in [6, 6.07) is 24.8. The van der Waals surface area contributed by atoms with Crippen LogP contribution in [0.3, 0.4) is 0 Å². The molecule has 178 valence electrons. The topological polar surface area (TPSA) is 127 Å². The van der Waals surface area contributed by atoms with E-state index < -0.39 is 0 Å². The molecule has 0 radical (unpaired) electrons. The number of carbonyl (C=O) groups excluding carboxylic acids is 1. The second-order valence-electron chi connectivity index (χ2n) is 8.45. The van der Waals surface area contributed by atoms with Crippen LogP contribution in [0.1, 0.15) is 27.3 Å². The number of hydrogen-bond donors (Lipinski definition) is 1. The molecule has 2 aromatic heterocycles. The highest BCUT2D eigenvalue weighted by Crippen LogP contribution is 2.27. The van der Waals surface area contributed by atoms with E-state index in [1.165, 1.54) is 0 Å². The summed E-state index contributed by atoms with van der Waals surface area (Å²) in [7, 11) is 0. The molecular formula is C26H20N6O4. The van der Waals surface area contributed by atoms with Crippen molar-refractivity contribution < 1.29 is 19.2 Å². The molecule has 1 aliphatic carbocycles. The highest BCUT2D eigenvalue weighted by atomic mass is 16.8. The third-order valence-corrected chi connectivity index (χ3v) is 6.27. The summed E-state index contributed by atoms with van der Waals surface area (Å²) < 4.78 is 4.68. The molecule has 10 heteroatoms. The second-order valence-corrected chi connectivity index (χ2v) is 8.45. The molecule has 36 heavy (non-hydrogen) atoms. The maximum Gasteiger partial charge on any atom is 0.303 e. The van der Waals surface area contributed by atoms with Crippen LogP contribution in [0.15, 0.2) is 83.5 Å². The third-order valence-electron chi connectivity index (χ3n) is 6.27. The van der Waals surface area contributed by atoms with Gasteiger partial charge < -0.3 is 15.7 Å². The molecule has 0 saturated carbocycles. The van der Waals surface area contributed by atoms with E-state index in [0.717, 1.165) is 21.5 Å². The van der Waals surface area contributed by atoms with Gasteiger partial charge in [-0.15, -0.1) is 4.85 Å². The van der Waals surface area contributed by atoms with Crippen LogP contribution in [0, 0.1) is 10.4 Å². The normalized spacial score (nSPS) is 12.1. The molecule has 0 atom stereocenters. The average Bonchev–Trinajstić information content (AvgIpc) is 3.47. The van der Waals surface area contributed by atoms with Crippen molar-refractivity contribution in [2.75, 3.05) is 0 Å². The van der Waals surface area contributed by atoms with Gasteiger partial charge in [0.05, 0.1) is 15.8 Å². The summed E-state index contributed by atoms with van der Waals surface area (Å²) in [5.41, 5.74) is 4.99. The fraction of sp³-hybridized carbons (Fsp3) is 0.115. The van der Waals surface area contributed by atoms with E-state index in [2.05, 4.69) is 20.2 Å². The maximum atomic E-state index is 13.1. The van der Waals surface area contributed by atoms with E-state index in [0.29, 0.717) is 51.8 Å². The van der Waals surface area contributed by atoms with E-state index >= 15 is 0 Å². The first kappa shape index (κ1) is 21.5. The number of nitrogens with one attached hydrogen (secondary N) is 1. The number of benzene rings is 3. The summed E-state index contributed by atoms with van der Waals surface area (Å²) in [6.07, 6.45) is 0.622. The van der Waals surface area contributed by atoms with E-state index in [4.69, 9.17) is 0 Å². The predicted molar refractivity (Wildman–Crippen MR) is 127 cm³/mol. The molecule has 6 rings (SSSR count). The summed E-state index contributed by atoms with van der Waals surface area (Å²) in [5, 5.41) is 35.9. The number of fused-ring (bicyclic) bond motifs is 3. The molecule has 3 aromatic carbocycles. The van der Waals surface area contributed by atoms with Gasteiger partial charge in [-0.3, -0.25) is 9.42 Å². The first-order valence-electron chi connectivity index (χ1n) is 11.4. The smallest absolute Gasteiger partial charge is 0.303 e. The van der Waals surface area contributed by atoms with Gasteiger partial charge in [-0.1, -0.05) is 66.7 Å². The fourth-order valence-electron chi connectivity index (χ4n) is 4.40. The Morgan fingerprint density at radius 1 is 0.889 bits per heavy atom. The van der Waals surface area contributed by atoms with Crippen LogP contribution < -0.4 is 15.1 Å². The molecule has 5 aromatic rings. The zero-order valence-corrected chi connectivity index (χ0v) is 19.0. The van der Waals surface area contributed by atoms with Crippen LogP contribution in [-0.2, 0) is 19.4 Å². The standard InChI is InChI=1S/C26H20N6O4/c33-26(27-16-17-10-12-19(13-11-17)18-6-2-1-3-7-18)20-8-4-5-9-21(20)30-28-24-22(31(30)34)14-15-23-25(24)29-36-32(23)35/h1-13H,14-16H2,(H,27,33). The van der Waals surface area contributed by atoms with Gasteiger partial charge in [0.2, 0.25) is 5.69 Å². The number of rotatable bonds is 5. The Bertz CT molecular complexity index is 1570. The van der Waals surface area contributed by atoms with Crippen molar-refractivity contribution in [3.05, 3.63) is 112 Å². The summed E-state index contributed by atoms with van der Waals surface area (Å²) in [4.78, 5) is 15.2. The minimum Gasteiger partial charge on any atom is -0.692 e. The van der Waals surface area contributed by atoms with Gasteiger partial charge in [0.25, 0.3) is 5.91 Å². The zero-order chi connectivity index (χ0) is 24.6. The Morgan fingerprint density at radius 3 is 2.39 bits per heavy atom. The van der Waals surface area contributed by atoms with Gasteiger partial charge in [0.15, 0.2) is 5.69 Å². The molecule has 10 nitrogen and oxygen atoms in total. The van der Waals surface area contributed by atoms with Crippen molar-refractivity contribution in [2.24, 2.45) is 0 Å². The number of nitrogens with zero attached hydrogens (tertiary/aromatic N) is 5. The van der Waals surface area contributed by atoms with Crippen molar-refractivity contribution in [1.82, 2.24) is 20.4 Å². The van der Waals surface area contributed by atoms with Gasteiger partial charge in [0.1, 0.15) is 5.69 Å². The van der Waals surface area contributed by atoms with Crippen LogP contribution in [0.5, 0.6) is 0 Å². The molecule has 1 N–H and O–H groups in total. The van der Waals surface area contributed by atoms with Gasteiger partial charge in [-0.25, -0.2) is 0 Å². The highest BCUT2D eigenvalue weighted by Gasteiger charge is 2.39. The number of amides is 1. The minimum atomic E-state index is -0.342. The molecule has 0 spiro atoms. The van der Waals surface area contributed by atoms with Gasteiger partial charge in [-0.2, -0.15) is 0 Å². The Labute approximate surface area is 205 Å². The first-order valence-corrected chi connectivity index (χ1v) is 11.4. The Kier molecular flexibility index (Phi) is 5.18.